The molecule has 2 heterocycles. The number of ether oxygens (including phenoxy) is 1. The lowest BCUT2D eigenvalue weighted by Crippen LogP contribution is -2.45. The van der Waals surface area contributed by atoms with Crippen molar-refractivity contribution >= 4 is 44.1 Å². The molecule has 2 N–H and O–H groups in total. The Hall–Kier alpha value is -3.24. The first-order valence-electron chi connectivity index (χ1n) is 10.7. The summed E-state index contributed by atoms with van der Waals surface area (Å²) in [5, 5.41) is 4.88. The number of hydrogen-bond acceptors (Lipinski definition) is 7. The van der Waals surface area contributed by atoms with Gasteiger partial charge in [-0.25, -0.2) is 4.98 Å². The van der Waals surface area contributed by atoms with Gasteiger partial charge in [-0.15, -0.1) is 0 Å². The Bertz CT molecular complexity index is 1230. The van der Waals surface area contributed by atoms with E-state index in [-0.39, 0.29) is 29.9 Å². The smallest absolute Gasteiger partial charge is 0.311 e. The van der Waals surface area contributed by atoms with E-state index in [4.69, 9.17) is 4.74 Å². The van der Waals surface area contributed by atoms with Gasteiger partial charge in [-0.1, -0.05) is 13.0 Å². The third-order valence-electron chi connectivity index (χ3n) is 4.87. The fourth-order valence-electron chi connectivity index (χ4n) is 3.60. The predicted octanol–water partition coefficient (Wildman–Crippen LogP) is 4.46. The van der Waals surface area contributed by atoms with Crippen molar-refractivity contribution in [2.75, 3.05) is 10.0 Å². The van der Waals surface area contributed by atoms with Crippen LogP contribution in [0.2, 0.25) is 0 Å². The Morgan fingerprint density at radius 3 is 2.42 bits per heavy atom. The fourth-order valence-corrected chi connectivity index (χ4v) is 5.25. The van der Waals surface area contributed by atoms with E-state index < -0.39 is 16.2 Å². The quantitative estimate of drug-likeness (QED) is 0.350. The normalized spacial score (nSPS) is 11.9. The third kappa shape index (κ3) is 5.58. The summed E-state index contributed by atoms with van der Waals surface area (Å²) in [5.41, 5.74) is 0.546. The van der Waals surface area contributed by atoms with Gasteiger partial charge in [0.2, 0.25) is 0 Å². The third-order valence-corrected chi connectivity index (χ3v) is 6.75. The Morgan fingerprint density at radius 2 is 1.76 bits per heavy atom. The van der Waals surface area contributed by atoms with E-state index in [9.17, 15) is 13.2 Å². The Balaban J connectivity index is 2.07. The van der Waals surface area contributed by atoms with Crippen LogP contribution in [-0.4, -0.2) is 40.7 Å². The lowest BCUT2D eigenvalue weighted by atomic mass is 10.2. The number of esters is 1. The monoisotopic (exact) mass is 471 g/mol. The van der Waals surface area contributed by atoms with Crippen molar-refractivity contribution < 1.29 is 17.9 Å². The molecule has 0 radical (unpaired) electrons. The number of para-hydroxylation sites is 1. The molecule has 9 nitrogen and oxygen atoms in total. The van der Waals surface area contributed by atoms with Crippen LogP contribution in [0.25, 0.3) is 10.8 Å². The van der Waals surface area contributed by atoms with Gasteiger partial charge in [-0.05, 0) is 52.0 Å². The molecule has 0 fully saturated rings. The number of nitrogens with zero attached hydrogens (tertiary/aromatic N) is 3. The van der Waals surface area contributed by atoms with Crippen LogP contribution in [0.1, 0.15) is 41.0 Å². The molecule has 0 atom stereocenters. The van der Waals surface area contributed by atoms with Crippen LogP contribution in [-0.2, 0) is 15.0 Å². The van der Waals surface area contributed by atoms with Crippen molar-refractivity contribution in [3.8, 4) is 5.75 Å². The van der Waals surface area contributed by atoms with E-state index >= 15 is 0 Å². The van der Waals surface area contributed by atoms with Crippen LogP contribution in [0, 0.1) is 0 Å². The standard InChI is InChI=1S/C23H29N5O4S/c1-6-21(29)32-22-19(26-23-18-11-12-24-14-17(18)10-13-25-23)8-7-9-20(22)27-33(30,31)28(15(2)3)16(4)5/h7-16,27H,6H2,1-5H3,(H,25,26). The highest BCUT2D eigenvalue weighted by Crippen LogP contribution is 2.37. The molecule has 3 aromatic rings. The molecule has 0 spiro atoms. The zero-order valence-corrected chi connectivity index (χ0v) is 20.2. The van der Waals surface area contributed by atoms with Gasteiger partial charge in [0, 0.05) is 47.9 Å². The molecule has 2 aromatic heterocycles. The average molecular weight is 472 g/mol. The van der Waals surface area contributed by atoms with E-state index in [0.717, 1.165) is 10.8 Å². The van der Waals surface area contributed by atoms with Crippen molar-refractivity contribution in [1.82, 2.24) is 14.3 Å². The minimum atomic E-state index is -3.92. The van der Waals surface area contributed by atoms with E-state index in [2.05, 4.69) is 20.0 Å². The molecular formula is C23H29N5O4S. The molecule has 10 heteroatoms. The highest BCUT2D eigenvalue weighted by Gasteiger charge is 2.29. The van der Waals surface area contributed by atoms with Gasteiger partial charge in [0.1, 0.15) is 5.82 Å². The predicted molar refractivity (Wildman–Crippen MR) is 130 cm³/mol. The van der Waals surface area contributed by atoms with Crippen LogP contribution in [0.4, 0.5) is 17.2 Å². The summed E-state index contributed by atoms with van der Waals surface area (Å²) in [5.74, 6) is 0.104. The minimum absolute atomic E-state index is 0.0771. The van der Waals surface area contributed by atoms with Crippen molar-refractivity contribution in [3.63, 3.8) is 0 Å². The lowest BCUT2D eigenvalue weighted by molar-refractivity contribution is -0.133. The first-order valence-corrected chi connectivity index (χ1v) is 12.2. The van der Waals surface area contributed by atoms with E-state index in [1.165, 1.54) is 4.31 Å². The SMILES string of the molecule is CCC(=O)Oc1c(Nc2nccc3cnccc23)cccc1NS(=O)(=O)N(C(C)C)C(C)C. The zero-order chi connectivity index (χ0) is 24.2. The van der Waals surface area contributed by atoms with Crippen LogP contribution in [0.5, 0.6) is 5.75 Å². The number of pyridine rings is 2. The molecular weight excluding hydrogens is 442 g/mol. The summed E-state index contributed by atoms with van der Waals surface area (Å²) >= 11 is 0. The van der Waals surface area contributed by atoms with Crippen molar-refractivity contribution in [2.24, 2.45) is 0 Å². The first-order chi connectivity index (χ1) is 15.6. The average Bonchev–Trinajstić information content (AvgIpc) is 2.75. The van der Waals surface area contributed by atoms with E-state index in [1.807, 2.05) is 12.1 Å². The Labute approximate surface area is 194 Å². The molecule has 1 aromatic carbocycles. The maximum atomic E-state index is 13.2. The number of carbonyl (C=O) groups excluding carboxylic acids is 1. The van der Waals surface area contributed by atoms with Gasteiger partial charge in [0.25, 0.3) is 0 Å². The van der Waals surface area contributed by atoms with Crippen LogP contribution >= 0.6 is 0 Å². The molecule has 0 unspecified atom stereocenters. The van der Waals surface area contributed by atoms with Crippen molar-refractivity contribution in [3.05, 3.63) is 48.9 Å². The van der Waals surface area contributed by atoms with Gasteiger partial charge >= 0.3 is 16.2 Å². The van der Waals surface area contributed by atoms with Gasteiger partial charge < -0.3 is 10.1 Å². The highest BCUT2D eigenvalue weighted by atomic mass is 32.2. The number of anilines is 3. The van der Waals surface area contributed by atoms with E-state index in [1.54, 1.807) is 71.4 Å². The molecule has 0 aliphatic heterocycles. The van der Waals surface area contributed by atoms with Crippen LogP contribution in [0.15, 0.2) is 48.9 Å². The fraction of sp³-hybridized carbons (Fsp3) is 0.348. The lowest BCUT2D eigenvalue weighted by Gasteiger charge is -2.30. The van der Waals surface area contributed by atoms with Gasteiger partial charge in [-0.3, -0.25) is 14.5 Å². The summed E-state index contributed by atoms with van der Waals surface area (Å²) in [7, 11) is -3.92. The van der Waals surface area contributed by atoms with Crippen molar-refractivity contribution in [1.29, 1.82) is 0 Å². The van der Waals surface area contributed by atoms with Crippen molar-refractivity contribution in [2.45, 2.75) is 53.1 Å². The molecule has 33 heavy (non-hydrogen) atoms. The minimum Gasteiger partial charge on any atom is -0.422 e. The maximum absolute atomic E-state index is 13.2. The van der Waals surface area contributed by atoms with Crippen LogP contribution in [0.3, 0.4) is 0 Å². The summed E-state index contributed by atoms with van der Waals surface area (Å²) in [6.45, 7) is 8.87. The topological polar surface area (TPSA) is 114 Å². The van der Waals surface area contributed by atoms with Gasteiger partial charge in [0.05, 0.1) is 11.4 Å². The number of fused-ring (bicyclic) bond motifs is 1. The molecule has 0 bridgehead atoms. The molecule has 0 aliphatic rings. The summed E-state index contributed by atoms with van der Waals surface area (Å²) in [4.78, 5) is 20.7. The second kappa shape index (κ2) is 10.1. The molecule has 0 aliphatic carbocycles. The van der Waals surface area contributed by atoms with Gasteiger partial charge in [-0.2, -0.15) is 12.7 Å². The number of nitrogens with one attached hydrogen (secondary N) is 2. The van der Waals surface area contributed by atoms with E-state index in [0.29, 0.717) is 11.5 Å². The maximum Gasteiger partial charge on any atom is 0.311 e. The van der Waals surface area contributed by atoms with Gasteiger partial charge in [0.15, 0.2) is 5.75 Å². The number of rotatable bonds is 9. The number of hydrogen-bond donors (Lipinski definition) is 2. The first kappa shape index (κ1) is 24.4. The number of benzene rings is 1. The molecule has 3 rings (SSSR count). The summed E-state index contributed by atoms with van der Waals surface area (Å²) in [6.07, 6.45) is 5.14. The Kier molecular flexibility index (Phi) is 7.50. The molecule has 0 amide bonds. The second-order valence-corrected chi connectivity index (χ2v) is 9.59. The summed E-state index contributed by atoms with van der Waals surface area (Å²) < 4.78 is 35.9. The number of carbonyl (C=O) groups is 1. The second-order valence-electron chi connectivity index (χ2n) is 8.02. The highest BCUT2D eigenvalue weighted by molar-refractivity contribution is 7.90. The summed E-state index contributed by atoms with van der Waals surface area (Å²) in [6, 6.07) is 8.05. The molecule has 176 valence electrons. The number of aromatic nitrogens is 2. The van der Waals surface area contributed by atoms with Crippen LogP contribution < -0.4 is 14.8 Å². The molecule has 0 saturated carbocycles. The largest absolute Gasteiger partial charge is 0.422 e. The molecule has 0 saturated heterocycles. The zero-order valence-electron chi connectivity index (χ0n) is 19.4. The Morgan fingerprint density at radius 1 is 1.06 bits per heavy atom.